The maximum absolute atomic E-state index is 14.9. The molecule has 0 fully saturated rings. The van der Waals surface area contributed by atoms with Crippen molar-refractivity contribution in [2.45, 2.75) is 117 Å². The molecule has 0 amide bonds. The van der Waals surface area contributed by atoms with Crippen molar-refractivity contribution in [1.82, 2.24) is 0 Å². The Kier molecular flexibility index (Phi) is 21.5. The molecule has 0 saturated heterocycles. The molecule has 0 saturated carbocycles. The number of aromatic hydroxyl groups is 1. The average Bonchev–Trinajstić information content (AvgIpc) is 3.33. The van der Waals surface area contributed by atoms with Gasteiger partial charge in [-0.2, -0.15) is 0 Å². The van der Waals surface area contributed by atoms with Gasteiger partial charge in [0, 0.05) is 17.0 Å². The van der Waals surface area contributed by atoms with Crippen LogP contribution in [0.15, 0.2) is 121 Å². The van der Waals surface area contributed by atoms with E-state index in [2.05, 4.69) is 41.5 Å². The maximum Gasteiger partial charge on any atom is 0.306 e. The zero-order valence-electron chi connectivity index (χ0n) is 43.4. The standard InChI is InChI=1S/C30H35FO4.C18H20ClFO.C12H16O3/c1-7-34-29(32)16-20(2)22-9-11-23(12-10-22)35-19-21-8-14-27(30(3,4)5)25(17-21)26-18-24(33-6)13-15-28(26)31;1-18(2,3)16-7-5-12(11-19)9-14(16)15-10-13(21-4)6-8-17(15)20;1-3-15-12(14)8-9(2)10-4-6-11(13)7-5-10/h8-15,17-18,20H,7,16,19H2,1-6H3;5-10H,11H2,1-4H3;4-7,9,13H,3,8H2,1-2H3/t20-;;9-/m1.1/s1. The van der Waals surface area contributed by atoms with Crippen LogP contribution >= 0.6 is 11.6 Å². The fourth-order valence-electron chi connectivity index (χ4n) is 7.82. The van der Waals surface area contributed by atoms with E-state index < -0.39 is 0 Å². The summed E-state index contributed by atoms with van der Waals surface area (Å²) in [6.45, 7) is 21.4. The first-order valence-electron chi connectivity index (χ1n) is 24.0. The molecule has 6 aromatic carbocycles. The van der Waals surface area contributed by atoms with Crippen molar-refractivity contribution in [2.75, 3.05) is 27.4 Å². The highest BCUT2D eigenvalue weighted by molar-refractivity contribution is 6.17. The lowest BCUT2D eigenvalue weighted by Crippen LogP contribution is -2.13. The Hall–Kier alpha value is -6.39. The molecular weight excluding hydrogens is 922 g/mol. The minimum absolute atomic E-state index is 0.0633. The van der Waals surface area contributed by atoms with Gasteiger partial charge in [-0.3, -0.25) is 9.59 Å². The largest absolute Gasteiger partial charge is 0.508 e. The summed E-state index contributed by atoms with van der Waals surface area (Å²) in [5.41, 5.74) is 8.64. The van der Waals surface area contributed by atoms with Crippen molar-refractivity contribution < 1.29 is 47.2 Å². The second-order valence-corrected chi connectivity index (χ2v) is 19.6. The summed E-state index contributed by atoms with van der Waals surface area (Å²) < 4.78 is 55.7. The fourth-order valence-corrected chi connectivity index (χ4v) is 7.99. The van der Waals surface area contributed by atoms with E-state index in [0.29, 0.717) is 61.2 Å². The quantitative estimate of drug-likeness (QED) is 0.0756. The Bertz CT molecular complexity index is 2650. The minimum atomic E-state index is -0.290. The molecule has 0 unspecified atom stereocenters. The number of hydrogen-bond acceptors (Lipinski definition) is 8. The van der Waals surface area contributed by atoms with Crippen LogP contribution in [-0.4, -0.2) is 44.5 Å². The van der Waals surface area contributed by atoms with Crippen LogP contribution in [-0.2, 0) is 42.4 Å². The summed E-state index contributed by atoms with van der Waals surface area (Å²) in [7, 11) is 3.16. The summed E-state index contributed by atoms with van der Waals surface area (Å²) in [6, 6.07) is 36.3. The van der Waals surface area contributed by atoms with Crippen molar-refractivity contribution in [2.24, 2.45) is 0 Å². The lowest BCUT2D eigenvalue weighted by Gasteiger charge is -2.24. The topological polar surface area (TPSA) is 101 Å². The SMILES string of the molecule is CCOC(=O)C[C@@H](C)c1ccc(O)cc1.CCOC(=O)C[C@@H](C)c1ccc(OCc2ccc(C(C)(C)C)c(-c3cc(OC)ccc3F)c2)cc1.COc1ccc(F)c(-c2cc(CCl)ccc2C(C)(C)C)c1. The maximum atomic E-state index is 14.9. The fraction of sp³-hybridized carbons (Fsp3) is 0.367. The summed E-state index contributed by atoms with van der Waals surface area (Å²) in [5, 5.41) is 9.11. The van der Waals surface area contributed by atoms with Crippen LogP contribution < -0.4 is 14.2 Å². The van der Waals surface area contributed by atoms with E-state index >= 15 is 0 Å². The van der Waals surface area contributed by atoms with Gasteiger partial charge < -0.3 is 28.8 Å². The van der Waals surface area contributed by atoms with Crippen LogP contribution in [0.25, 0.3) is 22.3 Å². The van der Waals surface area contributed by atoms with Gasteiger partial charge in [0.15, 0.2) is 0 Å². The lowest BCUT2D eigenvalue weighted by molar-refractivity contribution is -0.144. The molecule has 71 heavy (non-hydrogen) atoms. The highest BCUT2D eigenvalue weighted by Gasteiger charge is 2.23. The van der Waals surface area contributed by atoms with E-state index in [1.807, 2.05) is 93.6 Å². The van der Waals surface area contributed by atoms with Crippen molar-refractivity contribution in [3.63, 3.8) is 0 Å². The van der Waals surface area contributed by atoms with Gasteiger partial charge >= 0.3 is 11.9 Å². The molecule has 2 atom stereocenters. The molecule has 8 nitrogen and oxygen atoms in total. The molecule has 11 heteroatoms. The van der Waals surface area contributed by atoms with Crippen molar-refractivity contribution in [3.8, 4) is 45.3 Å². The normalized spacial score (nSPS) is 12.0. The third-order valence-corrected chi connectivity index (χ3v) is 12.0. The number of phenolic OH excluding ortho intramolecular Hbond substituents is 1. The molecule has 0 aromatic heterocycles. The molecule has 0 spiro atoms. The molecular formula is C60H71ClF2O8. The number of alkyl halides is 1. The second-order valence-electron chi connectivity index (χ2n) is 19.4. The van der Waals surface area contributed by atoms with E-state index in [9.17, 15) is 18.4 Å². The Morgan fingerprint density at radius 1 is 0.549 bits per heavy atom. The third-order valence-electron chi connectivity index (χ3n) is 11.7. The summed E-state index contributed by atoms with van der Waals surface area (Å²) >= 11 is 5.93. The molecule has 0 aliphatic carbocycles. The number of esters is 2. The number of hydrogen-bond donors (Lipinski definition) is 1. The highest BCUT2D eigenvalue weighted by atomic mass is 35.5. The van der Waals surface area contributed by atoms with Crippen molar-refractivity contribution in [1.29, 1.82) is 0 Å². The lowest BCUT2D eigenvalue weighted by atomic mass is 9.81. The third kappa shape index (κ3) is 17.2. The van der Waals surface area contributed by atoms with Gasteiger partial charge in [0.05, 0.1) is 40.3 Å². The van der Waals surface area contributed by atoms with E-state index in [-0.39, 0.29) is 52.0 Å². The number of methoxy groups -OCH3 is 2. The van der Waals surface area contributed by atoms with Gasteiger partial charge in [-0.15, -0.1) is 11.6 Å². The van der Waals surface area contributed by atoms with Crippen LogP contribution in [0.5, 0.6) is 23.0 Å². The van der Waals surface area contributed by atoms with Crippen LogP contribution in [0.4, 0.5) is 8.78 Å². The summed E-state index contributed by atoms with van der Waals surface area (Å²) in [6.07, 6.45) is 0.719. The molecule has 1 N–H and O–H groups in total. The highest BCUT2D eigenvalue weighted by Crippen LogP contribution is 2.39. The molecule has 0 aliphatic rings. The first-order chi connectivity index (χ1) is 33.6. The second kappa shape index (κ2) is 26.7. The number of carbonyl (C=O) groups excluding carboxylic acids is 2. The van der Waals surface area contributed by atoms with Crippen LogP contribution in [0.3, 0.4) is 0 Å². The Morgan fingerprint density at radius 2 is 0.944 bits per heavy atom. The van der Waals surface area contributed by atoms with Gasteiger partial charge in [0.2, 0.25) is 0 Å². The van der Waals surface area contributed by atoms with E-state index in [4.69, 9.17) is 40.4 Å². The number of benzene rings is 6. The number of rotatable bonds is 16. The molecule has 0 heterocycles. The molecule has 6 rings (SSSR count). The number of halogens is 3. The summed E-state index contributed by atoms with van der Waals surface area (Å²) in [5.74, 6) is 1.88. The zero-order valence-corrected chi connectivity index (χ0v) is 44.1. The minimum Gasteiger partial charge on any atom is -0.508 e. The number of ether oxygens (including phenoxy) is 5. The average molecular weight is 994 g/mol. The molecule has 380 valence electrons. The Labute approximate surface area is 425 Å². The molecule has 0 bridgehead atoms. The van der Waals surface area contributed by atoms with Gasteiger partial charge in [-0.1, -0.05) is 104 Å². The van der Waals surface area contributed by atoms with Gasteiger partial charge in [0.1, 0.15) is 41.2 Å². The van der Waals surface area contributed by atoms with E-state index in [0.717, 1.165) is 50.3 Å². The van der Waals surface area contributed by atoms with E-state index in [1.54, 1.807) is 57.5 Å². The first kappa shape index (κ1) is 57.2. The van der Waals surface area contributed by atoms with Crippen molar-refractivity contribution in [3.05, 3.63) is 166 Å². The molecule has 0 radical (unpaired) electrons. The number of carbonyl (C=O) groups is 2. The monoisotopic (exact) mass is 992 g/mol. The van der Waals surface area contributed by atoms with Crippen LogP contribution in [0, 0.1) is 11.6 Å². The predicted octanol–water partition coefficient (Wildman–Crippen LogP) is 15.4. The Balaban J connectivity index is 0.000000257. The molecule has 0 aliphatic heterocycles. The van der Waals surface area contributed by atoms with Gasteiger partial charge in [-0.05, 0) is 154 Å². The van der Waals surface area contributed by atoms with E-state index in [1.165, 1.54) is 12.1 Å². The summed E-state index contributed by atoms with van der Waals surface area (Å²) in [4.78, 5) is 23.0. The molecule has 6 aromatic rings. The number of phenols is 1. The van der Waals surface area contributed by atoms with Crippen molar-refractivity contribution >= 4 is 23.5 Å². The van der Waals surface area contributed by atoms with Crippen LogP contribution in [0.1, 0.15) is 127 Å². The zero-order chi connectivity index (χ0) is 52.5. The predicted molar refractivity (Wildman–Crippen MR) is 282 cm³/mol. The van der Waals surface area contributed by atoms with Gasteiger partial charge in [0.25, 0.3) is 0 Å². The Morgan fingerprint density at radius 3 is 1.34 bits per heavy atom. The smallest absolute Gasteiger partial charge is 0.306 e. The first-order valence-corrected chi connectivity index (χ1v) is 24.5. The van der Waals surface area contributed by atoms with Gasteiger partial charge in [-0.25, -0.2) is 8.78 Å². The van der Waals surface area contributed by atoms with Crippen LogP contribution in [0.2, 0.25) is 0 Å².